The van der Waals surface area contributed by atoms with Crippen LogP contribution >= 0.6 is 0 Å². The van der Waals surface area contributed by atoms with E-state index in [1.165, 1.54) is 63.8 Å². The summed E-state index contributed by atoms with van der Waals surface area (Å²) in [5.41, 5.74) is 14.9. The van der Waals surface area contributed by atoms with Crippen molar-refractivity contribution < 1.29 is 4.79 Å². The number of allylic oxidation sites excluding steroid dienone is 7. The van der Waals surface area contributed by atoms with E-state index in [9.17, 15) is 4.79 Å². The maximum Gasteiger partial charge on any atom is 0.211 e. The van der Waals surface area contributed by atoms with Gasteiger partial charge in [-0.3, -0.25) is 9.69 Å². The summed E-state index contributed by atoms with van der Waals surface area (Å²) < 4.78 is 0. The number of nitrogens with zero attached hydrogens (tertiary/aromatic N) is 2. The number of hydrogen-bond acceptors (Lipinski definition) is 3. The summed E-state index contributed by atoms with van der Waals surface area (Å²) in [6.45, 7) is 34.3. The Morgan fingerprint density at radius 2 is 1.59 bits per heavy atom. The Labute approximate surface area is 374 Å². The van der Waals surface area contributed by atoms with Gasteiger partial charge < -0.3 is 10.2 Å². The molecule has 1 heterocycles. The van der Waals surface area contributed by atoms with Crippen molar-refractivity contribution >= 4 is 24.1 Å². The van der Waals surface area contributed by atoms with Crippen LogP contribution in [0.4, 0.5) is 0 Å². The van der Waals surface area contributed by atoms with Crippen molar-refractivity contribution in [2.45, 2.75) is 133 Å². The summed E-state index contributed by atoms with van der Waals surface area (Å²) in [6, 6.07) is 11.6. The molecule has 4 rings (SSSR count). The highest BCUT2D eigenvalue weighted by molar-refractivity contribution is 5.84. The second-order valence-electron chi connectivity index (χ2n) is 16.7. The minimum absolute atomic E-state index is 0.426. The maximum atomic E-state index is 11.4. The van der Waals surface area contributed by atoms with Gasteiger partial charge in [-0.25, -0.2) is 0 Å². The Hall–Kier alpha value is -4.87. The largest absolute Gasteiger partial charge is 0.335 e. The number of benzene rings is 2. The lowest BCUT2D eigenvalue weighted by atomic mass is 9.88. The van der Waals surface area contributed by atoms with Crippen molar-refractivity contribution in [3.8, 4) is 24.7 Å². The highest BCUT2D eigenvalue weighted by Gasteiger charge is 2.24. The van der Waals surface area contributed by atoms with Crippen molar-refractivity contribution in [3.05, 3.63) is 136 Å². The number of nitrogens with one attached hydrogen (secondary N) is 1. The lowest BCUT2D eigenvalue weighted by Crippen LogP contribution is -2.33. The third-order valence-corrected chi connectivity index (χ3v) is 11.2. The SMILES string of the molecule is C#C.C=CCCC(C(=C)C)N(C)C.C=Cc1cc(C#CC2CCN(Cc3c(C)cc(C(=C/NC=O)/C(/C=C(\C)C4CC4)=C(\C)CC)cc3C)CC2)ccc1/C=C/CC.CCC. The fourth-order valence-electron chi connectivity index (χ4n) is 7.43. The molecule has 0 aromatic heterocycles. The second-order valence-corrected chi connectivity index (χ2v) is 16.7. The Morgan fingerprint density at radius 1 is 0.967 bits per heavy atom. The van der Waals surface area contributed by atoms with Gasteiger partial charge in [-0.2, -0.15) is 0 Å². The molecule has 2 aliphatic rings. The lowest BCUT2D eigenvalue weighted by Gasteiger charge is -2.31. The van der Waals surface area contributed by atoms with Crippen molar-refractivity contribution in [1.82, 2.24) is 15.1 Å². The number of terminal acetylenes is 1. The van der Waals surface area contributed by atoms with E-state index in [4.69, 9.17) is 0 Å². The van der Waals surface area contributed by atoms with Crippen LogP contribution in [0.15, 0.2) is 96.8 Å². The molecule has 1 atom stereocenters. The number of hydrogen-bond donors (Lipinski definition) is 1. The molecule has 1 saturated heterocycles. The predicted octanol–water partition coefficient (Wildman–Crippen LogP) is 13.9. The molecular weight excluding hydrogens is 743 g/mol. The van der Waals surface area contributed by atoms with E-state index in [1.807, 2.05) is 18.4 Å². The van der Waals surface area contributed by atoms with Crippen LogP contribution in [0.3, 0.4) is 0 Å². The zero-order valence-electron chi connectivity index (χ0n) is 40.2. The van der Waals surface area contributed by atoms with Gasteiger partial charge in [0.15, 0.2) is 0 Å². The Bertz CT molecular complexity index is 1880. The average Bonchev–Trinajstić information content (AvgIpc) is 4.11. The van der Waals surface area contributed by atoms with Crippen LogP contribution in [0.5, 0.6) is 0 Å². The Morgan fingerprint density at radius 3 is 2.08 bits per heavy atom. The predicted molar refractivity (Wildman–Crippen MR) is 271 cm³/mol. The molecule has 4 nitrogen and oxygen atoms in total. The van der Waals surface area contributed by atoms with Crippen LogP contribution < -0.4 is 5.32 Å². The number of amides is 1. The first-order chi connectivity index (χ1) is 29.3. The number of rotatable bonds is 17. The molecule has 4 heteroatoms. The minimum Gasteiger partial charge on any atom is -0.335 e. The van der Waals surface area contributed by atoms with Crippen LogP contribution in [0.25, 0.3) is 17.7 Å². The molecule has 2 aromatic carbocycles. The van der Waals surface area contributed by atoms with E-state index in [2.05, 4.69) is 185 Å². The smallest absolute Gasteiger partial charge is 0.211 e. The summed E-state index contributed by atoms with van der Waals surface area (Å²) in [4.78, 5) is 16.1. The number of piperidine rings is 1. The number of carbonyl (C=O) groups excluding carboxylic acids is 1. The number of aryl methyl sites for hydroxylation is 2. The highest BCUT2D eigenvalue weighted by atomic mass is 16.1. The second kappa shape index (κ2) is 30.2. The molecule has 0 bridgehead atoms. The van der Waals surface area contributed by atoms with Gasteiger partial charge in [0.25, 0.3) is 0 Å². The van der Waals surface area contributed by atoms with Gasteiger partial charge >= 0.3 is 0 Å². The van der Waals surface area contributed by atoms with Gasteiger partial charge in [0.1, 0.15) is 0 Å². The highest BCUT2D eigenvalue weighted by Crippen LogP contribution is 2.39. The average molecular weight is 824 g/mol. The zero-order chi connectivity index (χ0) is 45.9. The molecule has 0 spiro atoms. The topological polar surface area (TPSA) is 35.6 Å². The number of likely N-dealkylation sites (tertiary alicyclic amines) is 1. The van der Waals surface area contributed by atoms with E-state index in [0.29, 0.717) is 17.9 Å². The van der Waals surface area contributed by atoms with Crippen LogP contribution in [0, 0.1) is 50.4 Å². The van der Waals surface area contributed by atoms with Gasteiger partial charge in [-0.05, 0) is 170 Å². The molecule has 61 heavy (non-hydrogen) atoms. The Kier molecular flexibility index (Phi) is 26.8. The molecular formula is C57H81N3O. The van der Waals surface area contributed by atoms with Crippen LogP contribution in [0.1, 0.15) is 145 Å². The first-order valence-corrected chi connectivity index (χ1v) is 22.6. The molecule has 0 radical (unpaired) electrons. The van der Waals surface area contributed by atoms with Gasteiger partial charge in [0, 0.05) is 35.8 Å². The maximum absolute atomic E-state index is 11.4. The van der Waals surface area contributed by atoms with Crippen LogP contribution in [-0.2, 0) is 11.3 Å². The van der Waals surface area contributed by atoms with E-state index in [1.54, 1.807) is 0 Å². The Balaban J connectivity index is 0.000000992. The van der Waals surface area contributed by atoms with E-state index in [-0.39, 0.29) is 0 Å². The summed E-state index contributed by atoms with van der Waals surface area (Å²) in [7, 11) is 4.17. The number of likely N-dealkylation sites (N-methyl/N-ethyl adjacent to an activating group) is 1. The quantitative estimate of drug-likeness (QED) is 0.0747. The van der Waals surface area contributed by atoms with Gasteiger partial charge in [0.05, 0.1) is 0 Å². The van der Waals surface area contributed by atoms with Gasteiger partial charge in [0.2, 0.25) is 6.41 Å². The fourth-order valence-corrected chi connectivity index (χ4v) is 7.43. The molecule has 2 aromatic rings. The summed E-state index contributed by atoms with van der Waals surface area (Å²) in [5, 5.41) is 2.85. The minimum atomic E-state index is 0.426. The molecule has 2 fully saturated rings. The standard InChI is InChI=1S/C42H52N2O.C10H19N.C3H8.C2H2/c1-8-11-12-38-16-15-35(26-36(38)10-3)14-13-34-19-21-44(22-20-34)28-42-32(6)23-39(24-33(42)7)41(27-43-29-45)40(30(4)9-2)25-31(5)37-17-18-37;1-6-7-8-10(9(2)3)11(4)5;1-3-2;1-2/h10-12,15-16,23-27,29,34,37H,3,8-9,17-22,28H2,1-2,4-7H3,(H,43,45);6,10H,1-2,7-8H2,3-5H3;3H2,1-2H3;1-2H/b12-11+,31-25+,40-30+,41-27-;;;. The number of carbonyl (C=O) groups is 1. The zero-order valence-corrected chi connectivity index (χ0v) is 40.2. The van der Waals surface area contributed by atoms with E-state index in [0.717, 1.165) is 86.8 Å². The third-order valence-electron chi connectivity index (χ3n) is 11.2. The van der Waals surface area contributed by atoms with Crippen LogP contribution in [0.2, 0.25) is 0 Å². The molecule has 1 amide bonds. The van der Waals surface area contributed by atoms with E-state index < -0.39 is 0 Å². The first kappa shape index (κ1) is 54.1. The lowest BCUT2D eigenvalue weighted by molar-refractivity contribution is -0.108. The monoisotopic (exact) mass is 824 g/mol. The summed E-state index contributed by atoms with van der Waals surface area (Å²) in [6.07, 6.45) is 31.4. The molecule has 1 unspecified atom stereocenters. The first-order valence-electron chi connectivity index (χ1n) is 22.6. The molecule has 1 aliphatic heterocycles. The fraction of sp³-hybridized carbons (Fsp3) is 0.456. The van der Waals surface area contributed by atoms with Crippen molar-refractivity contribution in [1.29, 1.82) is 0 Å². The molecule has 330 valence electrons. The molecule has 1 saturated carbocycles. The summed E-state index contributed by atoms with van der Waals surface area (Å²) in [5.74, 6) is 8.15. The summed E-state index contributed by atoms with van der Waals surface area (Å²) >= 11 is 0. The van der Waals surface area contributed by atoms with Crippen molar-refractivity contribution in [3.63, 3.8) is 0 Å². The van der Waals surface area contributed by atoms with Crippen molar-refractivity contribution in [2.24, 2.45) is 11.8 Å². The van der Waals surface area contributed by atoms with Gasteiger partial charge in [-0.15, -0.1) is 19.4 Å². The molecule has 1 aliphatic carbocycles. The van der Waals surface area contributed by atoms with Crippen LogP contribution in [-0.4, -0.2) is 49.4 Å². The van der Waals surface area contributed by atoms with E-state index >= 15 is 0 Å². The van der Waals surface area contributed by atoms with Crippen molar-refractivity contribution in [2.75, 3.05) is 27.2 Å². The third kappa shape index (κ3) is 19.2. The normalized spacial score (nSPS) is 15.3. The molecule has 1 N–H and O–H groups in total. The van der Waals surface area contributed by atoms with Gasteiger partial charge in [-0.1, -0.05) is 124 Å².